The molecule has 3 aromatic rings. The molecule has 1 aromatic heterocycles. The van der Waals surface area contributed by atoms with E-state index < -0.39 is 11.7 Å². The van der Waals surface area contributed by atoms with Crippen LogP contribution in [0.15, 0.2) is 48.5 Å². The molecule has 0 bridgehead atoms. The molecule has 1 aliphatic rings. The number of para-hydroxylation sites is 1. The third-order valence-corrected chi connectivity index (χ3v) is 5.80. The standard InChI is InChI=1S/C23H21ClFN3O3/c24-18-12-16(5-6-19(18)25)31-13-21(29)28-9-7-14(8-10-28)22-17(23(26)30)11-15-3-1-2-4-20(15)27-22/h1-6,11-12,14H,7-10,13H2,(H2,26,30). The molecule has 1 fully saturated rings. The van der Waals surface area contributed by atoms with Gasteiger partial charge in [-0.1, -0.05) is 29.8 Å². The number of fused-ring (bicyclic) bond motifs is 1. The van der Waals surface area contributed by atoms with Crippen molar-refractivity contribution >= 4 is 34.3 Å². The van der Waals surface area contributed by atoms with E-state index >= 15 is 0 Å². The third kappa shape index (κ3) is 4.61. The number of ether oxygens (including phenoxy) is 1. The molecule has 4 rings (SSSR count). The van der Waals surface area contributed by atoms with Gasteiger partial charge in [-0.15, -0.1) is 0 Å². The minimum absolute atomic E-state index is 0.0352. The number of piperidine rings is 1. The molecule has 0 aliphatic carbocycles. The van der Waals surface area contributed by atoms with Gasteiger partial charge in [0.05, 0.1) is 21.8 Å². The van der Waals surface area contributed by atoms with Crippen molar-refractivity contribution in [2.75, 3.05) is 19.7 Å². The van der Waals surface area contributed by atoms with Crippen LogP contribution in [0.4, 0.5) is 4.39 Å². The highest BCUT2D eigenvalue weighted by Gasteiger charge is 2.28. The lowest BCUT2D eigenvalue weighted by Crippen LogP contribution is -2.40. The van der Waals surface area contributed by atoms with Gasteiger partial charge >= 0.3 is 0 Å². The van der Waals surface area contributed by atoms with Crippen LogP contribution < -0.4 is 10.5 Å². The summed E-state index contributed by atoms with van der Waals surface area (Å²) in [7, 11) is 0. The number of hydrogen-bond donors (Lipinski definition) is 1. The molecular formula is C23H21ClFN3O3. The van der Waals surface area contributed by atoms with Crippen LogP contribution in [0, 0.1) is 5.82 Å². The zero-order valence-corrected chi connectivity index (χ0v) is 17.4. The number of nitrogens with zero attached hydrogens (tertiary/aromatic N) is 2. The lowest BCUT2D eigenvalue weighted by atomic mass is 9.89. The minimum Gasteiger partial charge on any atom is -0.484 e. The van der Waals surface area contributed by atoms with Gasteiger partial charge in [0.1, 0.15) is 11.6 Å². The first-order valence-corrected chi connectivity index (χ1v) is 10.4. The van der Waals surface area contributed by atoms with Crippen LogP contribution in [-0.4, -0.2) is 41.4 Å². The van der Waals surface area contributed by atoms with Crippen LogP contribution >= 0.6 is 11.6 Å². The van der Waals surface area contributed by atoms with Gasteiger partial charge in [-0.05, 0) is 37.1 Å². The van der Waals surface area contributed by atoms with Crippen molar-refractivity contribution in [2.24, 2.45) is 5.73 Å². The van der Waals surface area contributed by atoms with E-state index in [1.54, 1.807) is 11.0 Å². The zero-order chi connectivity index (χ0) is 22.0. The first kappa shape index (κ1) is 21.1. The van der Waals surface area contributed by atoms with Crippen LogP contribution in [0.2, 0.25) is 5.02 Å². The molecule has 31 heavy (non-hydrogen) atoms. The summed E-state index contributed by atoms with van der Waals surface area (Å²) in [5, 5.41) is 0.810. The number of aromatic nitrogens is 1. The molecule has 8 heteroatoms. The molecule has 6 nitrogen and oxygen atoms in total. The van der Waals surface area contributed by atoms with Gasteiger partial charge < -0.3 is 15.4 Å². The molecule has 0 saturated carbocycles. The molecule has 0 unspecified atom stereocenters. The fourth-order valence-electron chi connectivity index (χ4n) is 3.84. The number of carbonyl (C=O) groups excluding carboxylic acids is 2. The molecular weight excluding hydrogens is 421 g/mol. The smallest absolute Gasteiger partial charge is 0.260 e. The number of pyridine rings is 1. The van der Waals surface area contributed by atoms with Crippen LogP contribution in [-0.2, 0) is 4.79 Å². The maximum atomic E-state index is 13.2. The lowest BCUT2D eigenvalue weighted by molar-refractivity contribution is -0.134. The van der Waals surface area contributed by atoms with Gasteiger partial charge in [0, 0.05) is 30.5 Å². The second-order valence-electron chi connectivity index (χ2n) is 7.50. The summed E-state index contributed by atoms with van der Waals surface area (Å²) >= 11 is 5.73. The highest BCUT2D eigenvalue weighted by molar-refractivity contribution is 6.30. The number of likely N-dealkylation sites (tertiary alicyclic amines) is 1. The van der Waals surface area contributed by atoms with Crippen molar-refractivity contribution in [3.8, 4) is 5.75 Å². The fourth-order valence-corrected chi connectivity index (χ4v) is 4.02. The molecule has 2 heterocycles. The summed E-state index contributed by atoms with van der Waals surface area (Å²) in [6, 6.07) is 13.3. The molecule has 0 spiro atoms. The van der Waals surface area contributed by atoms with Crippen molar-refractivity contribution in [1.29, 1.82) is 0 Å². The molecule has 160 valence electrons. The SMILES string of the molecule is NC(=O)c1cc2ccccc2nc1C1CCN(C(=O)COc2ccc(F)c(Cl)c2)CC1. The van der Waals surface area contributed by atoms with Crippen molar-refractivity contribution in [3.63, 3.8) is 0 Å². The van der Waals surface area contributed by atoms with E-state index in [1.807, 2.05) is 24.3 Å². The summed E-state index contributed by atoms with van der Waals surface area (Å²) in [5.41, 5.74) is 7.54. The minimum atomic E-state index is -0.542. The highest BCUT2D eigenvalue weighted by atomic mass is 35.5. The van der Waals surface area contributed by atoms with E-state index in [-0.39, 0.29) is 23.5 Å². The quantitative estimate of drug-likeness (QED) is 0.650. The van der Waals surface area contributed by atoms with Crippen LogP contribution in [0.25, 0.3) is 10.9 Å². The number of primary amides is 1. The van der Waals surface area contributed by atoms with Gasteiger partial charge in [-0.3, -0.25) is 14.6 Å². The van der Waals surface area contributed by atoms with Crippen molar-refractivity contribution in [3.05, 3.63) is 70.6 Å². The molecule has 0 atom stereocenters. The Balaban J connectivity index is 1.41. The van der Waals surface area contributed by atoms with Crippen LogP contribution in [0.5, 0.6) is 5.75 Å². The Labute approximate surface area is 183 Å². The first-order chi connectivity index (χ1) is 14.9. The van der Waals surface area contributed by atoms with E-state index in [4.69, 9.17) is 27.1 Å². The largest absolute Gasteiger partial charge is 0.484 e. The molecule has 1 aliphatic heterocycles. The number of amides is 2. The van der Waals surface area contributed by atoms with Crippen molar-refractivity contribution < 1.29 is 18.7 Å². The molecule has 0 radical (unpaired) electrons. The summed E-state index contributed by atoms with van der Waals surface area (Å²) in [6.07, 6.45) is 1.33. The number of halogens is 2. The fraction of sp³-hybridized carbons (Fsp3) is 0.261. The molecule has 2 amide bonds. The number of rotatable bonds is 5. The lowest BCUT2D eigenvalue weighted by Gasteiger charge is -2.32. The monoisotopic (exact) mass is 441 g/mol. The van der Waals surface area contributed by atoms with Gasteiger partial charge in [0.15, 0.2) is 6.61 Å². The Morgan fingerprint density at radius 3 is 2.61 bits per heavy atom. The maximum absolute atomic E-state index is 13.2. The predicted octanol–water partition coefficient (Wildman–Crippen LogP) is 3.91. The van der Waals surface area contributed by atoms with Gasteiger partial charge in [-0.25, -0.2) is 4.39 Å². The molecule has 2 aromatic carbocycles. The average Bonchev–Trinajstić information content (AvgIpc) is 2.78. The Morgan fingerprint density at radius 1 is 1.16 bits per heavy atom. The van der Waals surface area contributed by atoms with E-state index in [2.05, 4.69) is 0 Å². The molecule has 2 N–H and O–H groups in total. The number of hydrogen-bond acceptors (Lipinski definition) is 4. The maximum Gasteiger partial charge on any atom is 0.260 e. The first-order valence-electron chi connectivity index (χ1n) is 9.97. The Bertz CT molecular complexity index is 1150. The summed E-state index contributed by atoms with van der Waals surface area (Å²) in [6.45, 7) is 0.876. The number of benzene rings is 2. The van der Waals surface area contributed by atoms with Gasteiger partial charge in [0.25, 0.3) is 11.8 Å². The van der Waals surface area contributed by atoms with E-state index in [0.717, 1.165) is 10.9 Å². The highest BCUT2D eigenvalue weighted by Crippen LogP contribution is 2.31. The van der Waals surface area contributed by atoms with Gasteiger partial charge in [-0.2, -0.15) is 0 Å². The predicted molar refractivity (Wildman–Crippen MR) is 116 cm³/mol. The number of carbonyl (C=O) groups is 2. The van der Waals surface area contributed by atoms with E-state index in [9.17, 15) is 14.0 Å². The third-order valence-electron chi connectivity index (χ3n) is 5.51. The normalized spacial score (nSPS) is 14.6. The number of nitrogens with two attached hydrogens (primary N) is 1. The van der Waals surface area contributed by atoms with Crippen molar-refractivity contribution in [1.82, 2.24) is 9.88 Å². The van der Waals surface area contributed by atoms with Crippen molar-refractivity contribution in [2.45, 2.75) is 18.8 Å². The van der Waals surface area contributed by atoms with Crippen LogP contribution in [0.3, 0.4) is 0 Å². The van der Waals surface area contributed by atoms with E-state index in [0.29, 0.717) is 42.9 Å². The topological polar surface area (TPSA) is 85.5 Å². The molecule has 1 saturated heterocycles. The average molecular weight is 442 g/mol. The summed E-state index contributed by atoms with van der Waals surface area (Å²) < 4.78 is 18.7. The van der Waals surface area contributed by atoms with E-state index in [1.165, 1.54) is 18.2 Å². The van der Waals surface area contributed by atoms with Crippen LogP contribution in [0.1, 0.15) is 34.8 Å². The second-order valence-corrected chi connectivity index (χ2v) is 7.90. The van der Waals surface area contributed by atoms with Gasteiger partial charge in [0.2, 0.25) is 0 Å². The zero-order valence-electron chi connectivity index (χ0n) is 16.7. The Kier molecular flexibility index (Phi) is 6.04. The Hall–Kier alpha value is -3.19. The summed E-state index contributed by atoms with van der Waals surface area (Å²) in [4.78, 5) is 31.0. The summed E-state index contributed by atoms with van der Waals surface area (Å²) in [5.74, 6) is -0.840. The Morgan fingerprint density at radius 2 is 1.90 bits per heavy atom. The second kappa shape index (κ2) is 8.89.